The van der Waals surface area contributed by atoms with Crippen molar-refractivity contribution in [2.24, 2.45) is 11.8 Å². The molecule has 0 bridgehead atoms. The first-order valence-electron chi connectivity index (χ1n) is 13.0. The molecule has 0 fully saturated rings. The molecule has 1 aliphatic carbocycles. The van der Waals surface area contributed by atoms with Crippen molar-refractivity contribution in [3.05, 3.63) is 110 Å². The molecule has 2 unspecified atom stereocenters. The van der Waals surface area contributed by atoms with Gasteiger partial charge in [0, 0.05) is 49.0 Å². The smallest absolute Gasteiger partial charge is 0.307 e. The van der Waals surface area contributed by atoms with E-state index in [2.05, 4.69) is 10.3 Å². The zero-order chi connectivity index (χ0) is 27.4. The third-order valence-corrected chi connectivity index (χ3v) is 7.27. The number of nitrogens with zero attached hydrogens (tertiary/aromatic N) is 3. The highest BCUT2D eigenvalue weighted by atomic mass is 19.1. The Kier molecular flexibility index (Phi) is 8.52. The van der Waals surface area contributed by atoms with Crippen LogP contribution in [0.1, 0.15) is 37.7 Å². The molecule has 8 heteroatoms. The molecule has 6 nitrogen and oxygen atoms in total. The quantitative estimate of drug-likeness (QED) is 0.434. The second kappa shape index (κ2) is 11.8. The van der Waals surface area contributed by atoms with E-state index in [0.29, 0.717) is 24.2 Å². The fourth-order valence-corrected chi connectivity index (χ4v) is 4.93. The highest BCUT2D eigenvalue weighted by Gasteiger charge is 2.27. The summed E-state index contributed by atoms with van der Waals surface area (Å²) < 4.78 is 32.9. The van der Waals surface area contributed by atoms with Gasteiger partial charge in [-0.25, -0.2) is 13.6 Å². The van der Waals surface area contributed by atoms with Gasteiger partial charge in [-0.2, -0.15) is 0 Å². The molecule has 1 N–H and O–H groups in total. The maximum absolute atomic E-state index is 15.5. The van der Waals surface area contributed by atoms with Crippen molar-refractivity contribution in [2.45, 2.75) is 59.8 Å². The van der Waals surface area contributed by atoms with Crippen molar-refractivity contribution >= 4 is 0 Å². The van der Waals surface area contributed by atoms with E-state index in [1.54, 1.807) is 37.4 Å². The zero-order valence-electron chi connectivity index (χ0n) is 22.2. The van der Waals surface area contributed by atoms with Crippen LogP contribution in [0.15, 0.2) is 76.2 Å². The van der Waals surface area contributed by atoms with E-state index in [0.717, 1.165) is 10.3 Å². The average Bonchev–Trinajstić information content (AvgIpc) is 2.91. The van der Waals surface area contributed by atoms with Gasteiger partial charge in [-0.3, -0.25) is 18.9 Å². The number of allylic oxidation sites excluding steroid dienone is 4. The van der Waals surface area contributed by atoms with Crippen molar-refractivity contribution < 1.29 is 8.78 Å². The SMILES string of the molecule is CCc1cccc(-c2c(C)n(CC3C(F)=CC=CC3C)c(=O)n(C[C@@H](C)NCc3ccccn3)c2=O)c1F. The molecule has 3 aromatic rings. The predicted octanol–water partition coefficient (Wildman–Crippen LogP) is 4.94. The van der Waals surface area contributed by atoms with Gasteiger partial charge >= 0.3 is 5.69 Å². The maximum Gasteiger partial charge on any atom is 0.331 e. The van der Waals surface area contributed by atoms with E-state index in [1.165, 1.54) is 10.6 Å². The molecule has 38 heavy (non-hydrogen) atoms. The van der Waals surface area contributed by atoms with E-state index >= 15 is 4.39 Å². The minimum atomic E-state index is -0.568. The van der Waals surface area contributed by atoms with Crippen LogP contribution in [0.3, 0.4) is 0 Å². The number of rotatable bonds is 9. The predicted molar refractivity (Wildman–Crippen MR) is 146 cm³/mol. The lowest BCUT2D eigenvalue weighted by molar-refractivity contribution is 0.330. The van der Waals surface area contributed by atoms with Gasteiger partial charge in [-0.05, 0) is 50.0 Å². The molecule has 2 heterocycles. The number of pyridine rings is 1. The second-order valence-corrected chi connectivity index (χ2v) is 9.91. The summed E-state index contributed by atoms with van der Waals surface area (Å²) in [6.45, 7) is 7.79. The van der Waals surface area contributed by atoms with Crippen molar-refractivity contribution in [1.82, 2.24) is 19.4 Å². The maximum atomic E-state index is 15.5. The largest absolute Gasteiger partial charge is 0.331 e. The molecule has 1 aliphatic rings. The van der Waals surface area contributed by atoms with Gasteiger partial charge in [0.15, 0.2) is 0 Å². The first-order chi connectivity index (χ1) is 18.2. The lowest BCUT2D eigenvalue weighted by atomic mass is 9.88. The van der Waals surface area contributed by atoms with Crippen molar-refractivity contribution in [3.63, 3.8) is 0 Å². The number of halogens is 2. The molecule has 200 valence electrons. The van der Waals surface area contributed by atoms with Crippen molar-refractivity contribution in [1.29, 1.82) is 0 Å². The normalized spacial score (nSPS) is 17.9. The average molecular weight is 521 g/mol. The summed E-state index contributed by atoms with van der Waals surface area (Å²) in [6, 6.07) is 10.3. The van der Waals surface area contributed by atoms with Gasteiger partial charge in [0.2, 0.25) is 0 Å². The van der Waals surface area contributed by atoms with Crippen LogP contribution in [0, 0.1) is 24.6 Å². The number of hydrogen-bond acceptors (Lipinski definition) is 4. The van der Waals surface area contributed by atoms with Gasteiger partial charge in [-0.15, -0.1) is 0 Å². The lowest BCUT2D eigenvalue weighted by Crippen LogP contribution is -2.47. The van der Waals surface area contributed by atoms with E-state index in [1.807, 2.05) is 45.0 Å². The summed E-state index contributed by atoms with van der Waals surface area (Å²) in [7, 11) is 0. The van der Waals surface area contributed by atoms with Crippen LogP contribution in [0.25, 0.3) is 11.1 Å². The molecule has 0 spiro atoms. The fraction of sp³-hybridized carbons (Fsp3) is 0.367. The van der Waals surface area contributed by atoms with Crippen LogP contribution in [0.5, 0.6) is 0 Å². The molecular weight excluding hydrogens is 486 g/mol. The number of aromatic nitrogens is 3. The van der Waals surface area contributed by atoms with Crippen molar-refractivity contribution in [2.75, 3.05) is 0 Å². The number of aryl methyl sites for hydroxylation is 1. The van der Waals surface area contributed by atoms with Crippen LogP contribution in [0.2, 0.25) is 0 Å². The minimum absolute atomic E-state index is 0.0383. The molecule has 0 radical (unpaired) electrons. The van der Waals surface area contributed by atoms with Crippen LogP contribution < -0.4 is 16.6 Å². The number of benzene rings is 1. The Hall–Kier alpha value is -3.65. The van der Waals surface area contributed by atoms with Crippen LogP contribution >= 0.6 is 0 Å². The molecule has 1 aromatic carbocycles. The molecule has 0 amide bonds. The van der Waals surface area contributed by atoms with Crippen LogP contribution in [-0.2, 0) is 26.1 Å². The van der Waals surface area contributed by atoms with Gasteiger partial charge in [0.05, 0.1) is 11.3 Å². The van der Waals surface area contributed by atoms with E-state index in [9.17, 15) is 14.0 Å². The summed E-state index contributed by atoms with van der Waals surface area (Å²) in [5, 5.41) is 3.30. The molecule has 0 saturated heterocycles. The molecule has 4 rings (SSSR count). The van der Waals surface area contributed by atoms with Crippen molar-refractivity contribution in [3.8, 4) is 11.1 Å². The molecule has 0 aliphatic heterocycles. The van der Waals surface area contributed by atoms with Crippen LogP contribution in [-0.4, -0.2) is 20.2 Å². The first kappa shape index (κ1) is 27.4. The Labute approximate surface area is 221 Å². The highest BCUT2D eigenvalue weighted by Crippen LogP contribution is 2.30. The summed E-state index contributed by atoms with van der Waals surface area (Å²) in [4.78, 5) is 31.8. The van der Waals surface area contributed by atoms with Gasteiger partial charge in [0.1, 0.15) is 11.6 Å². The zero-order valence-corrected chi connectivity index (χ0v) is 22.2. The fourth-order valence-electron chi connectivity index (χ4n) is 4.93. The monoisotopic (exact) mass is 520 g/mol. The van der Waals surface area contributed by atoms with E-state index < -0.39 is 23.0 Å². The second-order valence-electron chi connectivity index (χ2n) is 9.91. The third-order valence-electron chi connectivity index (χ3n) is 7.27. The first-order valence-corrected chi connectivity index (χ1v) is 13.0. The van der Waals surface area contributed by atoms with Gasteiger partial charge in [0.25, 0.3) is 5.56 Å². The minimum Gasteiger partial charge on any atom is -0.307 e. The van der Waals surface area contributed by atoms with E-state index in [4.69, 9.17) is 0 Å². The Balaban J connectivity index is 1.80. The molecular formula is C30H34F2N4O2. The number of hydrogen-bond donors (Lipinski definition) is 1. The summed E-state index contributed by atoms with van der Waals surface area (Å²) in [5.74, 6) is -1.51. The molecule has 0 saturated carbocycles. The Morgan fingerprint density at radius 1 is 1.11 bits per heavy atom. The third kappa shape index (κ3) is 5.60. The summed E-state index contributed by atoms with van der Waals surface area (Å²) >= 11 is 0. The van der Waals surface area contributed by atoms with Gasteiger partial charge < -0.3 is 5.32 Å². The topological polar surface area (TPSA) is 68.9 Å². The highest BCUT2D eigenvalue weighted by molar-refractivity contribution is 5.66. The summed E-state index contributed by atoms with van der Waals surface area (Å²) in [6.07, 6.45) is 7.11. The molecule has 2 aromatic heterocycles. The van der Waals surface area contributed by atoms with Gasteiger partial charge in [-0.1, -0.05) is 50.3 Å². The standard InChI is InChI=1S/C30H34F2N4O2/c1-5-22-11-9-13-24(28(22)32)27-21(4)35(18-25-19(2)10-8-14-26(25)31)30(38)36(29(27)37)17-20(3)34-16-23-12-6-7-15-33-23/h6-15,19-20,25,34H,5,16-18H2,1-4H3/t19?,20-,25?/m1/s1. The number of nitrogens with one attached hydrogen (secondary N) is 1. The van der Waals surface area contributed by atoms with Crippen LogP contribution in [0.4, 0.5) is 8.78 Å². The Bertz CT molecular complexity index is 1470. The summed E-state index contributed by atoms with van der Waals surface area (Å²) in [5.41, 5.74) is 0.810. The Morgan fingerprint density at radius 2 is 1.89 bits per heavy atom. The Morgan fingerprint density at radius 3 is 2.58 bits per heavy atom. The lowest BCUT2D eigenvalue weighted by Gasteiger charge is -2.26. The van der Waals surface area contributed by atoms with E-state index in [-0.39, 0.29) is 42.0 Å². The molecule has 3 atom stereocenters.